The Labute approximate surface area is 96.1 Å². The van der Waals surface area contributed by atoms with Crippen LogP contribution >= 0.6 is 0 Å². The summed E-state index contributed by atoms with van der Waals surface area (Å²) in [5.41, 5.74) is 9.15. The molecule has 0 aliphatic carbocycles. The number of carbonyl (C=O) groups is 3. The van der Waals surface area contributed by atoms with Crippen LogP contribution in [0.15, 0.2) is 24.5 Å². The third-order valence-electron chi connectivity index (χ3n) is 1.60. The van der Waals surface area contributed by atoms with Gasteiger partial charge in [0.25, 0.3) is 11.8 Å². The molecule has 17 heavy (non-hydrogen) atoms. The van der Waals surface area contributed by atoms with Gasteiger partial charge < -0.3 is 10.5 Å². The van der Waals surface area contributed by atoms with Gasteiger partial charge in [0.05, 0.1) is 0 Å². The number of nitrogens with two attached hydrogens (primary N) is 1. The van der Waals surface area contributed by atoms with Crippen LogP contribution in [0.5, 0.6) is 0 Å². The summed E-state index contributed by atoms with van der Waals surface area (Å²) in [5.74, 6) is -1.22. The molecule has 0 aliphatic rings. The van der Waals surface area contributed by atoms with E-state index in [1.807, 2.05) is 5.43 Å². The van der Waals surface area contributed by atoms with Crippen LogP contribution in [-0.2, 0) is 9.53 Å². The molecular weight excluding hydrogens is 228 g/mol. The molecule has 0 fully saturated rings. The Bertz CT molecular complexity index is 420. The highest BCUT2D eigenvalue weighted by molar-refractivity contribution is 5.95. The second-order valence-corrected chi connectivity index (χ2v) is 2.85. The number of hydrogen-bond donors (Lipinski definition) is 3. The van der Waals surface area contributed by atoms with Crippen LogP contribution in [0.2, 0.25) is 0 Å². The second-order valence-electron chi connectivity index (χ2n) is 2.85. The fourth-order valence-corrected chi connectivity index (χ4v) is 0.875. The maximum atomic E-state index is 11.4. The van der Waals surface area contributed by atoms with E-state index in [1.54, 1.807) is 0 Å². The summed E-state index contributed by atoms with van der Waals surface area (Å²) in [4.78, 5) is 36.3. The van der Waals surface area contributed by atoms with Gasteiger partial charge in [0, 0.05) is 18.0 Å². The lowest BCUT2D eigenvalue weighted by Gasteiger charge is -2.06. The molecular formula is C9H10N4O4. The Morgan fingerprint density at radius 3 is 2.47 bits per heavy atom. The van der Waals surface area contributed by atoms with Crippen molar-refractivity contribution in [2.75, 3.05) is 6.61 Å². The summed E-state index contributed by atoms with van der Waals surface area (Å²) in [6.45, 7) is -0.564. The van der Waals surface area contributed by atoms with Crippen LogP contribution in [0.25, 0.3) is 0 Å². The number of ether oxygens (including phenoxy) is 1. The first-order valence-electron chi connectivity index (χ1n) is 4.51. The average molecular weight is 238 g/mol. The largest absolute Gasteiger partial charge is 0.440 e. The minimum absolute atomic E-state index is 0.330. The molecule has 8 nitrogen and oxygen atoms in total. The lowest BCUT2D eigenvalue weighted by molar-refractivity contribution is -0.124. The standard InChI is InChI=1S/C9H10N4O4/c10-9(16)17-5-7(14)12-13-8(15)6-1-3-11-4-2-6/h1-4H,5H2,(H2,10,16)(H,12,14)(H,13,15). The normalized spacial score (nSPS) is 9.18. The van der Waals surface area contributed by atoms with E-state index in [1.165, 1.54) is 24.5 Å². The van der Waals surface area contributed by atoms with Crippen molar-refractivity contribution >= 4 is 17.9 Å². The molecule has 1 aromatic rings. The Kier molecular flexibility index (Phi) is 4.43. The fourth-order valence-electron chi connectivity index (χ4n) is 0.875. The monoisotopic (exact) mass is 238 g/mol. The minimum Gasteiger partial charge on any atom is -0.440 e. The predicted octanol–water partition coefficient (Wildman–Crippen LogP) is -1.06. The summed E-state index contributed by atoms with van der Waals surface area (Å²) in [6.07, 6.45) is 1.81. The molecule has 0 atom stereocenters. The number of pyridine rings is 1. The van der Waals surface area contributed by atoms with Crippen LogP contribution in [0.1, 0.15) is 10.4 Å². The molecule has 0 radical (unpaired) electrons. The molecule has 1 heterocycles. The van der Waals surface area contributed by atoms with E-state index in [0.29, 0.717) is 5.56 Å². The molecule has 3 amide bonds. The number of rotatable bonds is 3. The van der Waals surface area contributed by atoms with Crippen LogP contribution in [0.3, 0.4) is 0 Å². The van der Waals surface area contributed by atoms with Crippen molar-refractivity contribution in [1.82, 2.24) is 15.8 Å². The number of carbonyl (C=O) groups excluding carboxylic acids is 3. The topological polar surface area (TPSA) is 123 Å². The number of primary amides is 1. The number of amides is 3. The molecule has 0 saturated carbocycles. The Morgan fingerprint density at radius 1 is 1.24 bits per heavy atom. The molecule has 0 unspecified atom stereocenters. The van der Waals surface area contributed by atoms with Crippen molar-refractivity contribution in [3.8, 4) is 0 Å². The number of aromatic nitrogens is 1. The Balaban J connectivity index is 2.34. The van der Waals surface area contributed by atoms with E-state index < -0.39 is 24.5 Å². The average Bonchev–Trinajstić information content (AvgIpc) is 2.34. The molecule has 0 saturated heterocycles. The zero-order chi connectivity index (χ0) is 12.7. The van der Waals surface area contributed by atoms with E-state index in [-0.39, 0.29) is 0 Å². The SMILES string of the molecule is NC(=O)OCC(=O)NNC(=O)c1ccncc1. The molecule has 0 aromatic carbocycles. The van der Waals surface area contributed by atoms with Crippen LogP contribution in [0.4, 0.5) is 4.79 Å². The molecule has 1 rings (SSSR count). The maximum Gasteiger partial charge on any atom is 0.405 e. The van der Waals surface area contributed by atoms with Gasteiger partial charge >= 0.3 is 6.09 Å². The molecule has 8 heteroatoms. The van der Waals surface area contributed by atoms with Gasteiger partial charge in [0.15, 0.2) is 6.61 Å². The number of hydrazine groups is 1. The fraction of sp³-hybridized carbons (Fsp3) is 0.111. The highest BCUT2D eigenvalue weighted by atomic mass is 16.5. The van der Waals surface area contributed by atoms with Crippen LogP contribution in [-0.4, -0.2) is 29.5 Å². The van der Waals surface area contributed by atoms with E-state index in [9.17, 15) is 14.4 Å². The van der Waals surface area contributed by atoms with E-state index in [2.05, 4.69) is 20.9 Å². The molecule has 4 N–H and O–H groups in total. The molecule has 0 bridgehead atoms. The quantitative estimate of drug-likeness (QED) is 0.579. The summed E-state index contributed by atoms with van der Waals surface area (Å²) in [7, 11) is 0. The summed E-state index contributed by atoms with van der Waals surface area (Å²) < 4.78 is 4.21. The highest BCUT2D eigenvalue weighted by Gasteiger charge is 2.07. The van der Waals surface area contributed by atoms with Gasteiger partial charge in [-0.15, -0.1) is 0 Å². The Morgan fingerprint density at radius 2 is 1.88 bits per heavy atom. The number of hydrogen-bond acceptors (Lipinski definition) is 5. The van der Waals surface area contributed by atoms with Crippen molar-refractivity contribution < 1.29 is 19.1 Å². The van der Waals surface area contributed by atoms with Crippen molar-refractivity contribution in [3.05, 3.63) is 30.1 Å². The highest BCUT2D eigenvalue weighted by Crippen LogP contribution is 1.94. The van der Waals surface area contributed by atoms with Crippen molar-refractivity contribution in [1.29, 1.82) is 0 Å². The van der Waals surface area contributed by atoms with Gasteiger partial charge in [-0.05, 0) is 12.1 Å². The second kappa shape index (κ2) is 6.05. The lowest BCUT2D eigenvalue weighted by Crippen LogP contribution is -2.43. The maximum absolute atomic E-state index is 11.4. The third-order valence-corrected chi connectivity index (χ3v) is 1.60. The van der Waals surface area contributed by atoms with Gasteiger partial charge in [0.2, 0.25) is 0 Å². The minimum atomic E-state index is -1.07. The molecule has 0 aliphatic heterocycles. The predicted molar refractivity (Wildman–Crippen MR) is 55.4 cm³/mol. The lowest BCUT2D eigenvalue weighted by atomic mass is 10.3. The smallest absolute Gasteiger partial charge is 0.405 e. The van der Waals surface area contributed by atoms with Crippen LogP contribution in [0, 0.1) is 0 Å². The zero-order valence-corrected chi connectivity index (χ0v) is 8.67. The van der Waals surface area contributed by atoms with Gasteiger partial charge in [-0.25, -0.2) is 4.79 Å². The van der Waals surface area contributed by atoms with Crippen molar-refractivity contribution in [2.24, 2.45) is 5.73 Å². The first-order chi connectivity index (χ1) is 8.09. The van der Waals surface area contributed by atoms with Gasteiger partial charge in [-0.2, -0.15) is 0 Å². The first kappa shape index (κ1) is 12.4. The Hall–Kier alpha value is -2.64. The summed E-state index contributed by atoms with van der Waals surface area (Å²) in [6, 6.07) is 2.95. The van der Waals surface area contributed by atoms with Crippen LogP contribution < -0.4 is 16.6 Å². The number of nitrogens with one attached hydrogen (secondary N) is 2. The third kappa shape index (κ3) is 4.60. The van der Waals surface area contributed by atoms with Gasteiger partial charge in [-0.1, -0.05) is 0 Å². The molecule has 1 aromatic heterocycles. The molecule has 90 valence electrons. The number of nitrogens with zero attached hydrogens (tertiary/aromatic N) is 1. The van der Waals surface area contributed by atoms with Gasteiger partial charge in [-0.3, -0.25) is 25.4 Å². The van der Waals surface area contributed by atoms with E-state index in [4.69, 9.17) is 0 Å². The summed E-state index contributed by atoms with van der Waals surface area (Å²) in [5, 5.41) is 0. The van der Waals surface area contributed by atoms with Gasteiger partial charge in [0.1, 0.15) is 0 Å². The first-order valence-corrected chi connectivity index (χ1v) is 4.51. The molecule has 0 spiro atoms. The van der Waals surface area contributed by atoms with Crippen molar-refractivity contribution in [3.63, 3.8) is 0 Å². The van der Waals surface area contributed by atoms with E-state index >= 15 is 0 Å². The summed E-state index contributed by atoms with van der Waals surface area (Å²) >= 11 is 0. The zero-order valence-electron chi connectivity index (χ0n) is 8.67. The van der Waals surface area contributed by atoms with E-state index in [0.717, 1.165) is 0 Å². The van der Waals surface area contributed by atoms with Crippen molar-refractivity contribution in [2.45, 2.75) is 0 Å².